The molecule has 2 nitrogen and oxygen atoms in total. The van der Waals surface area contributed by atoms with E-state index in [9.17, 15) is 5.11 Å². The molecule has 94 valence electrons. The highest BCUT2D eigenvalue weighted by atomic mass is 16.3. The number of H-pyrrole nitrogens is 1. The van der Waals surface area contributed by atoms with E-state index in [0.29, 0.717) is 5.75 Å². The fourth-order valence-corrected chi connectivity index (χ4v) is 3.33. The number of benzene rings is 2. The Balaban J connectivity index is 2.10. The third kappa shape index (κ3) is 1.26. The topological polar surface area (TPSA) is 36.0 Å². The highest BCUT2D eigenvalue weighted by Gasteiger charge is 2.26. The van der Waals surface area contributed by atoms with E-state index < -0.39 is 0 Å². The molecule has 1 aliphatic rings. The van der Waals surface area contributed by atoms with Gasteiger partial charge in [0.25, 0.3) is 0 Å². The number of aromatic amines is 1. The third-order valence-corrected chi connectivity index (χ3v) is 4.25. The predicted molar refractivity (Wildman–Crippen MR) is 77.7 cm³/mol. The van der Waals surface area contributed by atoms with Crippen LogP contribution in [-0.2, 0) is 6.42 Å². The van der Waals surface area contributed by atoms with Crippen LogP contribution in [0.15, 0.2) is 30.3 Å². The Morgan fingerprint density at radius 3 is 2.79 bits per heavy atom. The number of fused-ring (bicyclic) bond motifs is 5. The minimum absolute atomic E-state index is 0.422. The van der Waals surface area contributed by atoms with Gasteiger partial charge in [-0.15, -0.1) is 0 Å². The van der Waals surface area contributed by atoms with Crippen LogP contribution in [0.4, 0.5) is 0 Å². The lowest BCUT2D eigenvalue weighted by atomic mass is 9.99. The monoisotopic (exact) mass is 249 g/mol. The summed E-state index contributed by atoms with van der Waals surface area (Å²) in [6.45, 7) is 3.97. The maximum Gasteiger partial charge on any atom is 0.122 e. The highest BCUT2D eigenvalue weighted by molar-refractivity contribution is 5.95. The number of para-hydroxylation sites is 1. The van der Waals surface area contributed by atoms with E-state index in [1.807, 2.05) is 19.9 Å². The van der Waals surface area contributed by atoms with Crippen molar-refractivity contribution in [3.63, 3.8) is 0 Å². The zero-order valence-corrected chi connectivity index (χ0v) is 11.0. The molecule has 0 spiro atoms. The molecule has 0 amide bonds. The minimum atomic E-state index is 0.422. The molecule has 1 aliphatic carbocycles. The number of aryl methyl sites for hydroxylation is 1. The van der Waals surface area contributed by atoms with Crippen LogP contribution < -0.4 is 0 Å². The van der Waals surface area contributed by atoms with Gasteiger partial charge in [-0.1, -0.05) is 24.3 Å². The van der Waals surface area contributed by atoms with Crippen LogP contribution >= 0.6 is 0 Å². The Hall–Kier alpha value is -2.22. The van der Waals surface area contributed by atoms with Crippen LogP contribution in [-0.4, -0.2) is 10.1 Å². The van der Waals surface area contributed by atoms with E-state index in [4.69, 9.17) is 0 Å². The standard InChI is InChI=1S/C17H15NO/c1-9-7-11-8-13-12-5-3-4-6-14(12)18-16(13)15(11)10(2)17(9)19/h3-7,18-19H,8H2,1-2H3. The molecule has 0 saturated carbocycles. The van der Waals surface area contributed by atoms with Crippen molar-refractivity contribution in [2.24, 2.45) is 0 Å². The van der Waals surface area contributed by atoms with Crippen LogP contribution in [0, 0.1) is 13.8 Å². The second-order valence-electron chi connectivity index (χ2n) is 5.40. The van der Waals surface area contributed by atoms with E-state index in [1.54, 1.807) is 0 Å². The second-order valence-corrected chi connectivity index (χ2v) is 5.40. The number of aromatic nitrogens is 1. The van der Waals surface area contributed by atoms with Crippen LogP contribution in [0.2, 0.25) is 0 Å². The van der Waals surface area contributed by atoms with Crippen molar-refractivity contribution in [3.8, 4) is 17.0 Å². The van der Waals surface area contributed by atoms with Crippen molar-refractivity contribution in [2.45, 2.75) is 20.3 Å². The number of phenols is 1. The van der Waals surface area contributed by atoms with Crippen molar-refractivity contribution >= 4 is 10.9 Å². The first-order valence-electron chi connectivity index (χ1n) is 6.59. The average Bonchev–Trinajstić information content (AvgIpc) is 2.91. The SMILES string of the molecule is Cc1cc2c(c(C)c1O)-c1[nH]c3ccccc3c1C2. The zero-order valence-electron chi connectivity index (χ0n) is 11.0. The molecule has 3 aromatic rings. The first kappa shape index (κ1) is 10.7. The van der Waals surface area contributed by atoms with Gasteiger partial charge >= 0.3 is 0 Å². The predicted octanol–water partition coefficient (Wildman–Crippen LogP) is 4.06. The molecule has 1 heterocycles. The number of hydrogen-bond acceptors (Lipinski definition) is 1. The molecule has 2 aromatic carbocycles. The van der Waals surface area contributed by atoms with Gasteiger partial charge in [0, 0.05) is 28.5 Å². The molecular weight excluding hydrogens is 234 g/mol. The quantitative estimate of drug-likeness (QED) is 0.484. The summed E-state index contributed by atoms with van der Waals surface area (Å²) in [4.78, 5) is 3.51. The molecule has 0 atom stereocenters. The minimum Gasteiger partial charge on any atom is -0.507 e. The number of nitrogens with one attached hydrogen (secondary N) is 1. The Labute approximate surface area is 111 Å². The van der Waals surface area contributed by atoms with Crippen LogP contribution in [0.5, 0.6) is 5.75 Å². The van der Waals surface area contributed by atoms with Gasteiger partial charge in [-0.05, 0) is 36.6 Å². The third-order valence-electron chi connectivity index (χ3n) is 4.25. The summed E-state index contributed by atoms with van der Waals surface area (Å²) < 4.78 is 0. The van der Waals surface area contributed by atoms with E-state index >= 15 is 0 Å². The summed E-state index contributed by atoms with van der Waals surface area (Å²) in [5, 5.41) is 11.5. The molecule has 0 unspecified atom stereocenters. The first-order chi connectivity index (χ1) is 9.16. The molecule has 4 rings (SSSR count). The van der Waals surface area contributed by atoms with Crippen molar-refractivity contribution in [2.75, 3.05) is 0 Å². The zero-order chi connectivity index (χ0) is 13.1. The lowest BCUT2D eigenvalue weighted by Gasteiger charge is -2.10. The molecule has 0 aliphatic heterocycles. The molecule has 2 heteroatoms. The van der Waals surface area contributed by atoms with Crippen molar-refractivity contribution in [1.82, 2.24) is 4.98 Å². The van der Waals surface area contributed by atoms with Gasteiger partial charge in [-0.3, -0.25) is 0 Å². The van der Waals surface area contributed by atoms with Crippen LogP contribution in [0.3, 0.4) is 0 Å². The largest absolute Gasteiger partial charge is 0.507 e. The van der Waals surface area contributed by atoms with Gasteiger partial charge in [-0.25, -0.2) is 0 Å². The number of aromatic hydroxyl groups is 1. The molecule has 0 fully saturated rings. The summed E-state index contributed by atoms with van der Waals surface area (Å²) in [6.07, 6.45) is 0.955. The maximum atomic E-state index is 10.2. The molecule has 1 aromatic heterocycles. The summed E-state index contributed by atoms with van der Waals surface area (Å²) >= 11 is 0. The van der Waals surface area contributed by atoms with Crippen LogP contribution in [0.25, 0.3) is 22.2 Å². The van der Waals surface area contributed by atoms with Crippen molar-refractivity contribution < 1.29 is 5.11 Å². The number of rotatable bonds is 0. The summed E-state index contributed by atoms with van der Waals surface area (Å²) in [7, 11) is 0. The van der Waals surface area contributed by atoms with Crippen LogP contribution in [0.1, 0.15) is 22.3 Å². The maximum absolute atomic E-state index is 10.2. The molecule has 2 N–H and O–H groups in total. The number of phenolic OH excluding ortho intramolecular Hbond substituents is 1. The van der Waals surface area contributed by atoms with Gasteiger partial charge < -0.3 is 10.1 Å². The second kappa shape index (κ2) is 3.41. The lowest BCUT2D eigenvalue weighted by molar-refractivity contribution is 0.467. The Kier molecular flexibility index (Phi) is 1.92. The Bertz CT molecular complexity index is 827. The molecule has 19 heavy (non-hydrogen) atoms. The van der Waals surface area contributed by atoms with Gasteiger partial charge in [0.05, 0.1) is 5.69 Å². The summed E-state index contributed by atoms with van der Waals surface area (Å²) in [6, 6.07) is 10.5. The lowest BCUT2D eigenvalue weighted by Crippen LogP contribution is -1.90. The van der Waals surface area contributed by atoms with Crippen molar-refractivity contribution in [3.05, 3.63) is 52.6 Å². The van der Waals surface area contributed by atoms with E-state index in [-0.39, 0.29) is 0 Å². The van der Waals surface area contributed by atoms with Gasteiger partial charge in [0.15, 0.2) is 0 Å². The molecule has 0 bridgehead atoms. The average molecular weight is 249 g/mol. The van der Waals surface area contributed by atoms with Gasteiger partial charge in [0.2, 0.25) is 0 Å². The van der Waals surface area contributed by atoms with E-state index in [0.717, 1.165) is 17.5 Å². The highest BCUT2D eigenvalue weighted by Crippen LogP contribution is 2.45. The summed E-state index contributed by atoms with van der Waals surface area (Å²) in [5.41, 5.74) is 8.18. The Morgan fingerprint density at radius 1 is 1.16 bits per heavy atom. The Morgan fingerprint density at radius 2 is 1.95 bits per heavy atom. The first-order valence-corrected chi connectivity index (χ1v) is 6.59. The molecule has 0 radical (unpaired) electrons. The normalized spacial score (nSPS) is 12.7. The summed E-state index contributed by atoms with van der Waals surface area (Å²) in [5.74, 6) is 0.422. The molecule has 0 saturated heterocycles. The fourth-order valence-electron chi connectivity index (χ4n) is 3.33. The number of hydrogen-bond donors (Lipinski definition) is 2. The smallest absolute Gasteiger partial charge is 0.122 e. The van der Waals surface area contributed by atoms with Gasteiger partial charge in [0.1, 0.15) is 5.75 Å². The van der Waals surface area contributed by atoms with E-state index in [1.165, 1.54) is 33.3 Å². The van der Waals surface area contributed by atoms with Gasteiger partial charge in [-0.2, -0.15) is 0 Å². The molecular formula is C17H15NO. The van der Waals surface area contributed by atoms with Crippen molar-refractivity contribution in [1.29, 1.82) is 0 Å². The fraction of sp³-hybridized carbons (Fsp3) is 0.176. The van der Waals surface area contributed by atoms with E-state index in [2.05, 4.69) is 29.2 Å².